The summed E-state index contributed by atoms with van der Waals surface area (Å²) in [6, 6.07) is 14.6. The largest absolute Gasteiger partial charge is 0.368 e. The second kappa shape index (κ2) is 7.68. The molecule has 0 unspecified atom stereocenters. The van der Waals surface area contributed by atoms with Crippen molar-refractivity contribution in [3.05, 3.63) is 75.3 Å². The number of amides is 1. The van der Waals surface area contributed by atoms with E-state index in [-0.39, 0.29) is 18.1 Å². The molecule has 3 N–H and O–H groups in total. The van der Waals surface area contributed by atoms with Crippen molar-refractivity contribution in [1.82, 2.24) is 14.9 Å². The Bertz CT molecular complexity index is 999. The lowest BCUT2D eigenvalue weighted by Crippen LogP contribution is -2.33. The van der Waals surface area contributed by atoms with Gasteiger partial charge in [-0.1, -0.05) is 35.9 Å². The van der Waals surface area contributed by atoms with E-state index >= 15 is 0 Å². The molecule has 0 aliphatic rings. The van der Waals surface area contributed by atoms with Gasteiger partial charge in [-0.05, 0) is 36.8 Å². The van der Waals surface area contributed by atoms with Crippen LogP contribution in [-0.2, 0) is 17.9 Å². The molecule has 134 valence electrons. The Morgan fingerprint density at radius 2 is 1.92 bits per heavy atom. The Balaban J connectivity index is 1.91. The molecule has 0 saturated carbocycles. The summed E-state index contributed by atoms with van der Waals surface area (Å²) >= 11 is 5.92. The van der Waals surface area contributed by atoms with Crippen molar-refractivity contribution in [2.75, 3.05) is 0 Å². The highest BCUT2D eigenvalue weighted by molar-refractivity contribution is 6.30. The molecule has 7 heteroatoms. The number of carbonyl (C=O) groups excluding carboxylic acids is 1. The Hall–Kier alpha value is -2.70. The Morgan fingerprint density at radius 1 is 1.23 bits per heavy atom. The number of benzene rings is 2. The number of para-hydroxylation sites is 1. The first kappa shape index (κ1) is 18.1. The molecule has 6 nitrogen and oxygen atoms in total. The minimum Gasteiger partial charge on any atom is -0.368 e. The molecule has 1 heterocycles. The number of rotatable bonds is 6. The highest BCUT2D eigenvalue weighted by Crippen LogP contribution is 2.16. The van der Waals surface area contributed by atoms with E-state index < -0.39 is 5.91 Å². The third kappa shape index (κ3) is 3.92. The summed E-state index contributed by atoms with van der Waals surface area (Å²) < 4.78 is 1.33. The van der Waals surface area contributed by atoms with Crippen molar-refractivity contribution < 1.29 is 4.79 Å². The maximum atomic E-state index is 12.7. The van der Waals surface area contributed by atoms with Crippen LogP contribution in [0.25, 0.3) is 10.9 Å². The van der Waals surface area contributed by atoms with Gasteiger partial charge in [-0.2, -0.15) is 0 Å². The first-order valence-corrected chi connectivity index (χ1v) is 8.59. The number of nitrogens with two attached hydrogens (primary N) is 1. The highest BCUT2D eigenvalue weighted by Gasteiger charge is 2.14. The average molecular weight is 371 g/mol. The predicted molar refractivity (Wildman–Crippen MR) is 102 cm³/mol. The Morgan fingerprint density at radius 3 is 2.62 bits per heavy atom. The third-order valence-corrected chi connectivity index (χ3v) is 4.44. The molecule has 1 aromatic heterocycles. The summed E-state index contributed by atoms with van der Waals surface area (Å²) in [6.45, 7) is 2.11. The number of hydrogen-bond donors (Lipinski definition) is 2. The normalized spacial score (nSPS) is 12.2. The number of hydrogen-bond acceptors (Lipinski definition) is 4. The minimum atomic E-state index is -0.587. The zero-order chi connectivity index (χ0) is 18.7. The lowest BCUT2D eigenvalue weighted by atomic mass is 10.1. The van der Waals surface area contributed by atoms with E-state index in [1.54, 1.807) is 18.2 Å². The molecule has 0 saturated heterocycles. The van der Waals surface area contributed by atoms with Crippen LogP contribution in [0.15, 0.2) is 53.3 Å². The number of aromatic nitrogens is 2. The molecule has 0 aliphatic heterocycles. The van der Waals surface area contributed by atoms with Gasteiger partial charge in [-0.3, -0.25) is 14.2 Å². The standard InChI is InChI=1S/C19H19ClN4O2/c1-12(13-6-8-14(20)9-7-13)22-10-18-23-16-5-3-2-4-15(16)19(26)24(18)11-17(21)25/h2-9,12,22H,10-11H2,1H3,(H2,21,25)/t12-/m1/s1. The molecule has 0 bridgehead atoms. The van der Waals surface area contributed by atoms with Crippen LogP contribution in [0, 0.1) is 0 Å². The van der Waals surface area contributed by atoms with Crippen LogP contribution in [0.2, 0.25) is 5.02 Å². The van der Waals surface area contributed by atoms with E-state index in [0.29, 0.717) is 28.3 Å². The molecular weight excluding hydrogens is 352 g/mol. The van der Waals surface area contributed by atoms with Gasteiger partial charge < -0.3 is 11.1 Å². The fourth-order valence-corrected chi connectivity index (χ4v) is 2.91. The Labute approximate surface area is 155 Å². The van der Waals surface area contributed by atoms with Crippen molar-refractivity contribution in [3.8, 4) is 0 Å². The lowest BCUT2D eigenvalue weighted by Gasteiger charge is -2.17. The first-order chi connectivity index (χ1) is 12.5. The number of primary amides is 1. The summed E-state index contributed by atoms with van der Waals surface area (Å²) in [5.74, 6) is -0.121. The van der Waals surface area contributed by atoms with E-state index in [9.17, 15) is 9.59 Å². The summed E-state index contributed by atoms with van der Waals surface area (Å²) in [6.07, 6.45) is 0. The predicted octanol–water partition coefficient (Wildman–Crippen LogP) is 2.39. The molecule has 2 aromatic carbocycles. The van der Waals surface area contributed by atoms with Gasteiger partial charge in [0.2, 0.25) is 5.91 Å². The molecule has 0 fully saturated rings. The highest BCUT2D eigenvalue weighted by atomic mass is 35.5. The van der Waals surface area contributed by atoms with Gasteiger partial charge in [0.05, 0.1) is 17.4 Å². The first-order valence-electron chi connectivity index (χ1n) is 8.21. The zero-order valence-corrected chi connectivity index (χ0v) is 15.0. The molecular formula is C19H19ClN4O2. The number of carbonyl (C=O) groups is 1. The van der Waals surface area contributed by atoms with Crippen LogP contribution in [0.1, 0.15) is 24.4 Å². The van der Waals surface area contributed by atoms with Gasteiger partial charge in [0, 0.05) is 11.1 Å². The third-order valence-electron chi connectivity index (χ3n) is 4.19. The van der Waals surface area contributed by atoms with E-state index in [4.69, 9.17) is 17.3 Å². The number of nitrogens with one attached hydrogen (secondary N) is 1. The number of fused-ring (bicyclic) bond motifs is 1. The summed E-state index contributed by atoms with van der Waals surface area (Å²) in [7, 11) is 0. The van der Waals surface area contributed by atoms with Crippen LogP contribution >= 0.6 is 11.6 Å². The summed E-state index contributed by atoms with van der Waals surface area (Å²) in [5, 5.41) is 4.46. The van der Waals surface area contributed by atoms with E-state index in [1.807, 2.05) is 37.3 Å². The van der Waals surface area contributed by atoms with Crippen LogP contribution < -0.4 is 16.6 Å². The molecule has 3 rings (SSSR count). The maximum absolute atomic E-state index is 12.7. The van der Waals surface area contributed by atoms with Gasteiger partial charge in [0.25, 0.3) is 5.56 Å². The quantitative estimate of drug-likeness (QED) is 0.697. The molecule has 0 aliphatic carbocycles. The SMILES string of the molecule is C[C@@H](NCc1nc2ccccc2c(=O)n1CC(N)=O)c1ccc(Cl)cc1. The minimum absolute atomic E-state index is 0.0117. The van der Waals surface area contributed by atoms with Crippen molar-refractivity contribution in [2.24, 2.45) is 5.73 Å². The smallest absolute Gasteiger partial charge is 0.261 e. The van der Waals surface area contributed by atoms with Gasteiger partial charge in [0.1, 0.15) is 12.4 Å². The van der Waals surface area contributed by atoms with Crippen LogP contribution in [0.3, 0.4) is 0 Å². The van der Waals surface area contributed by atoms with Gasteiger partial charge in [-0.15, -0.1) is 0 Å². The molecule has 1 amide bonds. The monoisotopic (exact) mass is 370 g/mol. The Kier molecular flexibility index (Phi) is 5.35. The van der Waals surface area contributed by atoms with Gasteiger partial charge in [0.15, 0.2) is 0 Å². The van der Waals surface area contributed by atoms with E-state index in [0.717, 1.165) is 5.56 Å². The van der Waals surface area contributed by atoms with Crippen molar-refractivity contribution in [3.63, 3.8) is 0 Å². The van der Waals surface area contributed by atoms with Gasteiger partial charge >= 0.3 is 0 Å². The van der Waals surface area contributed by atoms with Crippen molar-refractivity contribution >= 4 is 28.4 Å². The number of nitrogens with zero attached hydrogens (tertiary/aromatic N) is 2. The van der Waals surface area contributed by atoms with Crippen LogP contribution in [0.5, 0.6) is 0 Å². The maximum Gasteiger partial charge on any atom is 0.261 e. The molecule has 0 spiro atoms. The fraction of sp³-hybridized carbons (Fsp3) is 0.211. The van der Waals surface area contributed by atoms with Crippen LogP contribution in [-0.4, -0.2) is 15.5 Å². The van der Waals surface area contributed by atoms with E-state index in [1.165, 1.54) is 4.57 Å². The van der Waals surface area contributed by atoms with Crippen LogP contribution in [0.4, 0.5) is 0 Å². The number of halogens is 1. The lowest BCUT2D eigenvalue weighted by molar-refractivity contribution is -0.118. The zero-order valence-electron chi connectivity index (χ0n) is 14.3. The van der Waals surface area contributed by atoms with Crippen molar-refractivity contribution in [1.29, 1.82) is 0 Å². The van der Waals surface area contributed by atoms with Gasteiger partial charge in [-0.25, -0.2) is 4.98 Å². The second-order valence-corrected chi connectivity index (χ2v) is 6.49. The topological polar surface area (TPSA) is 90.0 Å². The molecule has 0 radical (unpaired) electrons. The molecule has 1 atom stereocenters. The molecule has 26 heavy (non-hydrogen) atoms. The van der Waals surface area contributed by atoms with Crippen molar-refractivity contribution in [2.45, 2.75) is 26.1 Å². The second-order valence-electron chi connectivity index (χ2n) is 6.06. The fourth-order valence-electron chi connectivity index (χ4n) is 2.78. The van der Waals surface area contributed by atoms with E-state index in [2.05, 4.69) is 10.3 Å². The average Bonchev–Trinajstić information content (AvgIpc) is 2.63. The summed E-state index contributed by atoms with van der Waals surface area (Å²) in [5.41, 5.74) is 6.68. The molecule has 3 aromatic rings. The summed E-state index contributed by atoms with van der Waals surface area (Å²) in [4.78, 5) is 28.7.